The lowest BCUT2D eigenvalue weighted by Gasteiger charge is -2.62. The van der Waals surface area contributed by atoms with E-state index in [0.29, 0.717) is 0 Å². The molecule has 2 unspecified atom stereocenters. The van der Waals surface area contributed by atoms with E-state index in [4.69, 9.17) is 10.00 Å². The molecule has 0 amide bonds. The van der Waals surface area contributed by atoms with Gasteiger partial charge >= 0.3 is 0 Å². The fourth-order valence-electron chi connectivity index (χ4n) is 3.76. The average molecular weight is 321 g/mol. The van der Waals surface area contributed by atoms with Gasteiger partial charge in [-0.3, -0.25) is 4.98 Å². The number of hydrogen-bond donors (Lipinski definition) is 0. The van der Waals surface area contributed by atoms with E-state index in [1.807, 2.05) is 6.07 Å². The summed E-state index contributed by atoms with van der Waals surface area (Å²) in [7, 11) is -0.340. The monoisotopic (exact) mass is 321 g/mol. The molecule has 0 bridgehead atoms. The van der Waals surface area contributed by atoms with Crippen LogP contribution in [0.5, 0.6) is 0 Å². The third kappa shape index (κ3) is 2.06. The summed E-state index contributed by atoms with van der Waals surface area (Å²) < 4.78 is 32.5. The van der Waals surface area contributed by atoms with E-state index in [0.717, 1.165) is 25.7 Å². The van der Waals surface area contributed by atoms with E-state index in [1.54, 1.807) is 14.2 Å². The minimum atomic E-state index is -3.65. The zero-order valence-electron chi connectivity index (χ0n) is 12.7. The van der Waals surface area contributed by atoms with Crippen molar-refractivity contribution in [3.63, 3.8) is 0 Å². The van der Waals surface area contributed by atoms with Gasteiger partial charge in [0.05, 0.1) is 11.7 Å². The Morgan fingerprint density at radius 1 is 1.45 bits per heavy atom. The van der Waals surface area contributed by atoms with Crippen molar-refractivity contribution in [2.45, 2.75) is 42.7 Å². The number of aromatic nitrogens is 1. The Labute approximate surface area is 130 Å². The minimum Gasteiger partial charge on any atom is -0.381 e. The lowest BCUT2D eigenvalue weighted by atomic mass is 9.51. The first kappa shape index (κ1) is 15.4. The van der Waals surface area contributed by atoms with Gasteiger partial charge in [0.25, 0.3) is 0 Å². The van der Waals surface area contributed by atoms with E-state index in [-0.39, 0.29) is 28.0 Å². The number of hydrogen-bond acceptors (Lipinski definition) is 5. The molecule has 2 aliphatic carbocycles. The number of pyridine rings is 1. The Balaban J connectivity index is 1.88. The Kier molecular flexibility index (Phi) is 3.71. The highest BCUT2D eigenvalue weighted by Gasteiger charge is 2.61. The van der Waals surface area contributed by atoms with E-state index in [9.17, 15) is 8.42 Å². The molecule has 118 valence electrons. The zero-order valence-corrected chi connectivity index (χ0v) is 13.5. The predicted molar refractivity (Wildman–Crippen MR) is 79.4 cm³/mol. The molecule has 0 N–H and O–H groups in total. The molecule has 2 aliphatic rings. The first-order valence-corrected chi connectivity index (χ1v) is 8.76. The van der Waals surface area contributed by atoms with Crippen molar-refractivity contribution < 1.29 is 13.2 Å². The molecule has 1 heterocycles. The van der Waals surface area contributed by atoms with Crippen molar-refractivity contribution in [1.82, 2.24) is 9.29 Å². The number of ether oxygens (including phenoxy) is 1. The number of methoxy groups -OCH3 is 1. The summed E-state index contributed by atoms with van der Waals surface area (Å²) in [6, 6.07) is 3.26. The molecule has 2 saturated carbocycles. The number of sulfonamides is 1. The second-order valence-corrected chi connectivity index (χ2v) is 8.10. The van der Waals surface area contributed by atoms with Gasteiger partial charge in [-0.2, -0.15) is 9.57 Å². The standard InChI is InChI=1S/C15H19N3O3S/c1-18(13-7-14(21-2)15(13)4-3-5-15)22(19,20)12-6-11(8-16)9-17-10-12/h6,9-10,13-14H,3-5,7H2,1-2H3. The summed E-state index contributed by atoms with van der Waals surface area (Å²) in [4.78, 5) is 3.93. The molecular weight excluding hydrogens is 302 g/mol. The van der Waals surface area contributed by atoms with Gasteiger partial charge in [0.1, 0.15) is 11.0 Å². The fourth-order valence-corrected chi connectivity index (χ4v) is 5.20. The SMILES string of the molecule is COC1CC(N(C)S(=O)(=O)c2cncc(C#N)c2)C12CCC2. The second kappa shape index (κ2) is 5.30. The molecule has 1 spiro atoms. The maximum atomic E-state index is 12.8. The third-order valence-corrected chi connectivity index (χ3v) is 7.10. The van der Waals surface area contributed by atoms with Crippen LogP contribution in [0.3, 0.4) is 0 Å². The molecule has 1 aromatic heterocycles. The maximum absolute atomic E-state index is 12.8. The Morgan fingerprint density at radius 3 is 2.73 bits per heavy atom. The van der Waals surface area contributed by atoms with Crippen LogP contribution < -0.4 is 0 Å². The highest BCUT2D eigenvalue weighted by atomic mass is 32.2. The molecule has 1 aromatic rings. The smallest absolute Gasteiger partial charge is 0.244 e. The third-order valence-electron chi connectivity index (χ3n) is 5.27. The number of nitriles is 1. The Bertz CT molecular complexity index is 722. The first-order chi connectivity index (χ1) is 10.5. The zero-order chi connectivity index (χ0) is 16.0. The van der Waals surface area contributed by atoms with Crippen molar-refractivity contribution in [3.05, 3.63) is 24.0 Å². The maximum Gasteiger partial charge on any atom is 0.244 e. The van der Waals surface area contributed by atoms with Crippen LogP contribution in [0, 0.1) is 16.7 Å². The molecule has 0 aliphatic heterocycles. The fraction of sp³-hybridized carbons (Fsp3) is 0.600. The van der Waals surface area contributed by atoms with Crippen molar-refractivity contribution >= 4 is 10.0 Å². The molecule has 6 nitrogen and oxygen atoms in total. The summed E-state index contributed by atoms with van der Waals surface area (Å²) in [5.41, 5.74) is 0.216. The molecular formula is C15H19N3O3S. The van der Waals surface area contributed by atoms with Gasteiger partial charge in [-0.25, -0.2) is 8.42 Å². The van der Waals surface area contributed by atoms with Crippen LogP contribution in [0.4, 0.5) is 0 Å². The highest BCUT2D eigenvalue weighted by Crippen LogP contribution is 2.59. The molecule has 2 fully saturated rings. The van der Waals surface area contributed by atoms with E-state index in [2.05, 4.69) is 4.98 Å². The topological polar surface area (TPSA) is 83.3 Å². The first-order valence-electron chi connectivity index (χ1n) is 7.32. The average Bonchev–Trinajstić information content (AvgIpc) is 2.45. The molecule has 2 atom stereocenters. The van der Waals surface area contributed by atoms with Gasteiger partial charge in [0.15, 0.2) is 0 Å². The van der Waals surface area contributed by atoms with E-state index in [1.165, 1.54) is 22.8 Å². The lowest BCUT2D eigenvalue weighted by Crippen LogP contribution is -2.67. The van der Waals surface area contributed by atoms with Crippen molar-refractivity contribution in [2.24, 2.45) is 5.41 Å². The second-order valence-electron chi connectivity index (χ2n) is 6.10. The van der Waals surface area contributed by atoms with Crippen LogP contribution >= 0.6 is 0 Å². The highest BCUT2D eigenvalue weighted by molar-refractivity contribution is 7.89. The van der Waals surface area contributed by atoms with Gasteiger partial charge < -0.3 is 4.74 Å². The summed E-state index contributed by atoms with van der Waals surface area (Å²) >= 11 is 0. The minimum absolute atomic E-state index is 0.0309. The van der Waals surface area contributed by atoms with Gasteiger partial charge in [-0.15, -0.1) is 0 Å². The largest absolute Gasteiger partial charge is 0.381 e. The summed E-state index contributed by atoms with van der Waals surface area (Å²) in [6.07, 6.45) is 6.66. The van der Waals surface area contributed by atoms with Gasteiger partial charge in [0, 0.05) is 38.0 Å². The molecule has 0 radical (unpaired) electrons. The normalized spacial score (nSPS) is 26.3. The molecule has 22 heavy (non-hydrogen) atoms. The van der Waals surface area contributed by atoms with Gasteiger partial charge in [-0.1, -0.05) is 6.42 Å². The lowest BCUT2D eigenvalue weighted by molar-refractivity contribution is -0.177. The van der Waals surface area contributed by atoms with Crippen LogP contribution in [0.15, 0.2) is 23.4 Å². The van der Waals surface area contributed by atoms with E-state index >= 15 is 0 Å². The van der Waals surface area contributed by atoms with Crippen LogP contribution in [0.2, 0.25) is 0 Å². The molecule has 7 heteroatoms. The van der Waals surface area contributed by atoms with Crippen molar-refractivity contribution in [1.29, 1.82) is 5.26 Å². The van der Waals surface area contributed by atoms with Crippen molar-refractivity contribution in [2.75, 3.05) is 14.2 Å². The van der Waals surface area contributed by atoms with Gasteiger partial charge in [-0.05, 0) is 25.3 Å². The number of nitrogens with zero attached hydrogens (tertiary/aromatic N) is 3. The van der Waals surface area contributed by atoms with Crippen molar-refractivity contribution in [3.8, 4) is 6.07 Å². The summed E-state index contributed by atoms with van der Waals surface area (Å²) in [5, 5.41) is 8.91. The van der Waals surface area contributed by atoms with Crippen LogP contribution in [0.1, 0.15) is 31.2 Å². The van der Waals surface area contributed by atoms with Crippen LogP contribution in [-0.2, 0) is 14.8 Å². The Morgan fingerprint density at radius 2 is 2.18 bits per heavy atom. The van der Waals surface area contributed by atoms with E-state index < -0.39 is 10.0 Å². The summed E-state index contributed by atoms with van der Waals surface area (Å²) in [5.74, 6) is 0. The number of rotatable bonds is 4. The van der Waals surface area contributed by atoms with Crippen LogP contribution in [0.25, 0.3) is 0 Å². The van der Waals surface area contributed by atoms with Crippen LogP contribution in [-0.4, -0.2) is 44.0 Å². The molecule has 0 aromatic carbocycles. The molecule has 3 rings (SSSR count). The molecule has 0 saturated heterocycles. The summed E-state index contributed by atoms with van der Waals surface area (Å²) in [6.45, 7) is 0. The quantitative estimate of drug-likeness (QED) is 0.840. The Hall–Kier alpha value is -1.49. The van der Waals surface area contributed by atoms with Gasteiger partial charge in [0.2, 0.25) is 10.0 Å². The predicted octanol–water partition coefficient (Wildman–Crippen LogP) is 1.53.